The molecule has 0 bridgehead atoms. The summed E-state index contributed by atoms with van der Waals surface area (Å²) in [6.07, 6.45) is 0. The monoisotopic (exact) mass is 349 g/mol. The van der Waals surface area contributed by atoms with Crippen LogP contribution in [0.1, 0.15) is 11.3 Å². The van der Waals surface area contributed by atoms with E-state index >= 15 is 0 Å². The van der Waals surface area contributed by atoms with E-state index in [1.165, 1.54) is 16.8 Å². The molecule has 0 amide bonds. The van der Waals surface area contributed by atoms with Gasteiger partial charge < -0.3 is 4.74 Å². The van der Waals surface area contributed by atoms with Crippen LogP contribution in [0.3, 0.4) is 0 Å². The van der Waals surface area contributed by atoms with Crippen LogP contribution < -0.4 is 4.74 Å². The first-order valence-electron chi connectivity index (χ1n) is 5.75. The lowest BCUT2D eigenvalue weighted by atomic mass is 10.2. The number of hydrogen-bond acceptors (Lipinski definition) is 4. The number of nitro groups is 1. The van der Waals surface area contributed by atoms with Crippen molar-refractivity contribution in [2.75, 3.05) is 0 Å². The molecule has 1 aromatic heterocycles. The minimum Gasteiger partial charge on any atom is -0.486 e. The zero-order valence-electron chi connectivity index (χ0n) is 11.1. The first-order chi connectivity index (χ1) is 9.81. The van der Waals surface area contributed by atoms with E-state index in [0.29, 0.717) is 10.7 Å². The van der Waals surface area contributed by atoms with Gasteiger partial charge in [0.25, 0.3) is 5.69 Å². The molecule has 112 valence electrons. The second-order valence-electron chi connectivity index (χ2n) is 4.26. The Bertz CT molecular complexity index is 692. The third-order valence-corrected chi connectivity index (χ3v) is 3.86. The summed E-state index contributed by atoms with van der Waals surface area (Å²) in [5.41, 5.74) is 1.22. The van der Waals surface area contributed by atoms with Crippen molar-refractivity contribution in [1.82, 2.24) is 9.78 Å². The van der Waals surface area contributed by atoms with Crippen molar-refractivity contribution >= 4 is 40.5 Å². The summed E-state index contributed by atoms with van der Waals surface area (Å²) in [4.78, 5) is 10.1. The lowest BCUT2D eigenvalue weighted by Crippen LogP contribution is -1.99. The maximum Gasteiger partial charge on any atom is 0.272 e. The molecule has 6 nitrogen and oxygen atoms in total. The van der Waals surface area contributed by atoms with Crippen molar-refractivity contribution in [1.29, 1.82) is 0 Å². The molecule has 1 heterocycles. The molecule has 0 radical (unpaired) electrons. The summed E-state index contributed by atoms with van der Waals surface area (Å²) in [5, 5.41) is 15.4. The number of nitro benzene ring substituents is 1. The van der Waals surface area contributed by atoms with Gasteiger partial charge in [0.2, 0.25) is 0 Å². The molecule has 0 atom stereocenters. The molecule has 0 fully saturated rings. The summed E-state index contributed by atoms with van der Waals surface area (Å²) in [5.74, 6) is 0.170. The predicted molar refractivity (Wildman–Crippen MR) is 80.4 cm³/mol. The molecule has 0 unspecified atom stereocenters. The molecule has 0 saturated heterocycles. The van der Waals surface area contributed by atoms with Gasteiger partial charge in [-0.15, -0.1) is 0 Å². The second-order valence-corrected chi connectivity index (χ2v) is 5.44. The van der Waals surface area contributed by atoms with Crippen molar-refractivity contribution in [2.24, 2.45) is 7.05 Å². The van der Waals surface area contributed by atoms with E-state index < -0.39 is 4.92 Å². The van der Waals surface area contributed by atoms with Crippen LogP contribution in [0.5, 0.6) is 5.75 Å². The molecule has 21 heavy (non-hydrogen) atoms. The van der Waals surface area contributed by atoms with E-state index in [-0.39, 0.29) is 28.1 Å². The number of benzene rings is 1. The highest BCUT2D eigenvalue weighted by molar-refractivity contribution is 6.37. The lowest BCUT2D eigenvalue weighted by Gasteiger charge is -2.09. The minimum absolute atomic E-state index is 0.0619. The smallest absolute Gasteiger partial charge is 0.272 e. The predicted octanol–water partition coefficient (Wildman–Crippen LogP) is 4.18. The third-order valence-electron chi connectivity index (χ3n) is 2.82. The van der Waals surface area contributed by atoms with Crippen molar-refractivity contribution in [3.05, 3.63) is 48.7 Å². The Labute approximate surface area is 135 Å². The van der Waals surface area contributed by atoms with Gasteiger partial charge in [-0.25, -0.2) is 0 Å². The van der Waals surface area contributed by atoms with Crippen molar-refractivity contribution in [3.63, 3.8) is 0 Å². The Balaban J connectivity index is 2.26. The van der Waals surface area contributed by atoms with E-state index in [2.05, 4.69) is 5.10 Å². The average molecular weight is 351 g/mol. The minimum atomic E-state index is -0.580. The number of ether oxygens (including phenoxy) is 1. The molecule has 0 aliphatic heterocycles. The highest BCUT2D eigenvalue weighted by atomic mass is 35.5. The Morgan fingerprint density at radius 1 is 1.33 bits per heavy atom. The van der Waals surface area contributed by atoms with Crippen LogP contribution in [0.25, 0.3) is 0 Å². The molecular formula is C12H10Cl3N3O3. The van der Waals surface area contributed by atoms with Crippen LogP contribution in [0.4, 0.5) is 5.69 Å². The Kier molecular flexibility index (Phi) is 4.61. The highest BCUT2D eigenvalue weighted by Crippen LogP contribution is 2.37. The molecule has 0 saturated carbocycles. The summed E-state index contributed by atoms with van der Waals surface area (Å²) in [7, 11) is 1.71. The SMILES string of the molecule is Cc1nn(C)c(Cl)c1COc1c(Cl)cc([N+](=O)[O-])cc1Cl. The largest absolute Gasteiger partial charge is 0.486 e. The summed E-state index contributed by atoms with van der Waals surface area (Å²) < 4.78 is 7.06. The second kappa shape index (κ2) is 6.09. The van der Waals surface area contributed by atoms with Gasteiger partial charge in [-0.2, -0.15) is 5.10 Å². The fourth-order valence-electron chi connectivity index (χ4n) is 1.77. The van der Waals surface area contributed by atoms with E-state index in [1.54, 1.807) is 14.0 Å². The molecule has 1 aromatic carbocycles. The van der Waals surface area contributed by atoms with Gasteiger partial charge in [0, 0.05) is 24.7 Å². The maximum absolute atomic E-state index is 10.7. The quantitative estimate of drug-likeness (QED) is 0.613. The molecule has 0 aliphatic rings. The van der Waals surface area contributed by atoms with Gasteiger partial charge in [0.05, 0.1) is 20.7 Å². The molecular weight excluding hydrogens is 341 g/mol. The number of aromatic nitrogens is 2. The van der Waals surface area contributed by atoms with Crippen LogP contribution >= 0.6 is 34.8 Å². The van der Waals surface area contributed by atoms with E-state index in [1.807, 2.05) is 0 Å². The highest BCUT2D eigenvalue weighted by Gasteiger charge is 2.18. The first-order valence-corrected chi connectivity index (χ1v) is 6.89. The van der Waals surface area contributed by atoms with Gasteiger partial charge in [0.15, 0.2) is 5.75 Å². The van der Waals surface area contributed by atoms with E-state index in [0.717, 1.165) is 5.69 Å². The van der Waals surface area contributed by atoms with Crippen LogP contribution in [0, 0.1) is 17.0 Å². The number of aryl methyl sites for hydroxylation is 2. The van der Waals surface area contributed by atoms with Gasteiger partial charge in [0.1, 0.15) is 11.8 Å². The van der Waals surface area contributed by atoms with E-state index in [9.17, 15) is 10.1 Å². The lowest BCUT2D eigenvalue weighted by molar-refractivity contribution is -0.384. The van der Waals surface area contributed by atoms with Crippen LogP contribution in [-0.2, 0) is 13.7 Å². The molecule has 2 rings (SSSR count). The number of nitrogens with zero attached hydrogens (tertiary/aromatic N) is 3. The normalized spacial score (nSPS) is 10.7. The molecule has 9 heteroatoms. The van der Waals surface area contributed by atoms with Gasteiger partial charge >= 0.3 is 0 Å². The Morgan fingerprint density at radius 3 is 2.33 bits per heavy atom. The maximum atomic E-state index is 10.7. The van der Waals surface area contributed by atoms with Crippen molar-refractivity contribution in [2.45, 2.75) is 13.5 Å². The topological polar surface area (TPSA) is 70.2 Å². The number of halogens is 3. The van der Waals surface area contributed by atoms with Crippen molar-refractivity contribution < 1.29 is 9.66 Å². The van der Waals surface area contributed by atoms with Gasteiger partial charge in [-0.05, 0) is 6.92 Å². The van der Waals surface area contributed by atoms with Crippen LogP contribution in [0.2, 0.25) is 15.2 Å². The van der Waals surface area contributed by atoms with Gasteiger partial charge in [-0.3, -0.25) is 14.8 Å². The fourth-order valence-corrected chi connectivity index (χ4v) is 2.59. The average Bonchev–Trinajstić information content (AvgIpc) is 2.63. The number of non-ortho nitro benzene ring substituents is 1. The zero-order valence-corrected chi connectivity index (χ0v) is 13.3. The van der Waals surface area contributed by atoms with E-state index in [4.69, 9.17) is 39.5 Å². The van der Waals surface area contributed by atoms with Gasteiger partial charge in [-0.1, -0.05) is 34.8 Å². The first kappa shape index (κ1) is 15.9. The van der Waals surface area contributed by atoms with Crippen LogP contribution in [0.15, 0.2) is 12.1 Å². The molecule has 0 aliphatic carbocycles. The fraction of sp³-hybridized carbons (Fsp3) is 0.250. The summed E-state index contributed by atoms with van der Waals surface area (Å²) in [6.45, 7) is 1.90. The number of rotatable bonds is 4. The Hall–Kier alpha value is -1.50. The summed E-state index contributed by atoms with van der Waals surface area (Å²) >= 11 is 18.0. The standard InChI is InChI=1S/C12H10Cl3N3O3/c1-6-8(12(15)17(2)16-6)5-21-11-9(13)3-7(18(19)20)4-10(11)14/h3-4H,5H2,1-2H3. The Morgan fingerprint density at radius 2 is 1.90 bits per heavy atom. The number of hydrogen-bond donors (Lipinski definition) is 0. The van der Waals surface area contributed by atoms with Crippen LogP contribution in [-0.4, -0.2) is 14.7 Å². The third kappa shape index (κ3) is 3.23. The zero-order chi connectivity index (χ0) is 15.7. The molecule has 2 aromatic rings. The molecule has 0 spiro atoms. The molecule has 0 N–H and O–H groups in total. The summed E-state index contributed by atoms with van der Waals surface area (Å²) in [6, 6.07) is 2.36. The van der Waals surface area contributed by atoms with Crippen molar-refractivity contribution in [3.8, 4) is 5.75 Å².